The zero-order chi connectivity index (χ0) is 60.0. The molecule has 0 amide bonds. The largest absolute Gasteiger partial charge is 0.497 e. The van der Waals surface area contributed by atoms with E-state index >= 15 is 0 Å². The Morgan fingerprint density at radius 2 is 0.683 bits per heavy atom. The summed E-state index contributed by atoms with van der Waals surface area (Å²) in [4.78, 5) is 100. The van der Waals surface area contributed by atoms with Gasteiger partial charge in [0.25, 0.3) is 0 Å². The molecule has 0 aromatic heterocycles. The molecule has 8 aromatic carbocycles. The Kier molecular flexibility index (Phi) is 26.9. The molecule has 0 saturated heterocycles. The van der Waals surface area contributed by atoms with E-state index in [9.17, 15) is 33.6 Å². The summed E-state index contributed by atoms with van der Waals surface area (Å²) >= 11 is 0. The lowest BCUT2D eigenvalue weighted by Crippen LogP contribution is -2.10. The van der Waals surface area contributed by atoms with Crippen molar-refractivity contribution >= 4 is 47.2 Å². The van der Waals surface area contributed by atoms with E-state index in [0.29, 0.717) is 62.2 Å². The van der Waals surface area contributed by atoms with Crippen LogP contribution in [0.2, 0.25) is 0 Å². The molecule has 82 heavy (non-hydrogen) atoms. The number of Topliss-reactive ketones (excluding diaryl/α,β-unsaturated/α-hetero) is 4. The first-order chi connectivity index (χ1) is 39.5. The number of hydrogen-bond acceptors (Lipinski definition) is 13. The highest BCUT2D eigenvalue weighted by molar-refractivity contribution is 6.02. The molecule has 13 nitrogen and oxygen atoms in total. The fraction of sp³-hybridized carbons (Fsp3) is 0.188. The van der Waals surface area contributed by atoms with E-state index in [4.69, 9.17) is 28.5 Å². The number of hydrogen-bond donors (Lipinski definition) is 0. The molecule has 0 aliphatic carbocycles. The van der Waals surface area contributed by atoms with E-state index in [2.05, 4.69) is 6.92 Å². The molecule has 0 spiro atoms. The molecule has 0 aliphatic heterocycles. The number of carbonyl (C=O) groups excluding carboxylic acids is 9. The molecule has 0 aliphatic rings. The van der Waals surface area contributed by atoms with E-state index in [1.807, 2.05) is 118 Å². The van der Waals surface area contributed by atoms with Crippen LogP contribution in [-0.4, -0.2) is 75.6 Å². The van der Waals surface area contributed by atoms with E-state index in [1.54, 1.807) is 104 Å². The molecule has 0 fully saturated rings. The Balaban J connectivity index is 0.000000232. The topological polar surface area (TPSA) is 191 Å². The Morgan fingerprint density at radius 3 is 1.04 bits per heavy atom. The smallest absolute Gasteiger partial charge is 0.373 e. The van der Waals surface area contributed by atoms with Crippen molar-refractivity contribution in [1.29, 1.82) is 0 Å². The average Bonchev–Trinajstić information content (AvgIpc) is 3.51. The van der Waals surface area contributed by atoms with Gasteiger partial charge in [-0.2, -0.15) is 9.59 Å². The maximum Gasteiger partial charge on any atom is 0.373 e. The molecule has 0 heterocycles. The second-order valence-electron chi connectivity index (χ2n) is 18.4. The van der Waals surface area contributed by atoms with Gasteiger partial charge in [-0.1, -0.05) is 169 Å². The standard InChI is InChI=1S/C18H18O3.C17H16O4.C17H16O3.C16H16O.CO2/c1-3-13-8-10-14(11-9-13)17(19)12-15-6-4-5-7-16(15)18(20)21-2;1-20-14-9-7-12(8-10-14)16(18)11-13-5-3-4-6-15(13)17(19)21-2;1-12-7-9-13(10-8-12)16(18)11-14-5-3-4-6-15(14)17(19)20-2;1-12-6-8-14(9-7-12)11-16(17)15-5-3-4-13(2)10-15;2-1-3/h4-11H,3,12H2,1-2H3;3-10H,11H2,1-2H3;3-10H,11H2,1-2H3;3-10H,11H2,1-2H3;. The summed E-state index contributed by atoms with van der Waals surface area (Å²) in [5.41, 5.74) is 11.7. The predicted molar refractivity (Wildman–Crippen MR) is 313 cm³/mol. The van der Waals surface area contributed by atoms with E-state index in [0.717, 1.165) is 28.7 Å². The van der Waals surface area contributed by atoms with Gasteiger partial charge in [0.2, 0.25) is 0 Å². The average molecular weight is 1100 g/mol. The lowest BCUT2D eigenvalue weighted by molar-refractivity contribution is -0.191. The lowest BCUT2D eigenvalue weighted by Gasteiger charge is -2.07. The molecule has 0 atom stereocenters. The van der Waals surface area contributed by atoms with Crippen LogP contribution >= 0.6 is 0 Å². The van der Waals surface area contributed by atoms with Crippen LogP contribution in [-0.2, 0) is 55.9 Å². The number of ether oxygens (including phenoxy) is 4. The van der Waals surface area contributed by atoms with Gasteiger partial charge in [-0.15, -0.1) is 0 Å². The highest BCUT2D eigenvalue weighted by atomic mass is 16.5. The SMILES string of the molecule is CCc1ccc(C(=O)Cc2ccccc2C(=O)OC)cc1.COC(=O)c1ccccc1CC(=O)c1ccc(C)cc1.COC(=O)c1ccccc1CC(=O)c1ccc(OC)cc1.Cc1ccc(CC(=O)c2cccc(C)c2)cc1.O=C=O. The van der Waals surface area contributed by atoms with Crippen molar-refractivity contribution < 1.29 is 62.1 Å². The lowest BCUT2D eigenvalue weighted by atomic mass is 9.98. The van der Waals surface area contributed by atoms with Gasteiger partial charge < -0.3 is 18.9 Å². The van der Waals surface area contributed by atoms with E-state index in [1.165, 1.54) is 32.5 Å². The zero-order valence-electron chi connectivity index (χ0n) is 47.3. The van der Waals surface area contributed by atoms with Gasteiger partial charge in [0, 0.05) is 47.9 Å². The second kappa shape index (κ2) is 34.1. The number of carbonyl (C=O) groups is 7. The van der Waals surface area contributed by atoms with Crippen LogP contribution in [0.4, 0.5) is 0 Å². The fourth-order valence-corrected chi connectivity index (χ4v) is 8.03. The number of rotatable bonds is 17. The minimum atomic E-state index is -0.437. The van der Waals surface area contributed by atoms with Crippen LogP contribution in [0.15, 0.2) is 194 Å². The van der Waals surface area contributed by atoms with Gasteiger partial charge >= 0.3 is 24.1 Å². The number of methoxy groups -OCH3 is 4. The van der Waals surface area contributed by atoms with Crippen molar-refractivity contribution in [1.82, 2.24) is 0 Å². The summed E-state index contributed by atoms with van der Waals surface area (Å²) in [5, 5.41) is 0. The first-order valence-electron chi connectivity index (χ1n) is 26.0. The zero-order valence-corrected chi connectivity index (χ0v) is 47.3. The summed E-state index contributed by atoms with van der Waals surface area (Å²) in [5.74, 6) is -0.478. The third-order valence-electron chi connectivity index (χ3n) is 12.6. The maximum absolute atomic E-state index is 12.3. The molecule has 0 N–H and O–H groups in total. The van der Waals surface area contributed by atoms with Crippen molar-refractivity contribution in [2.24, 2.45) is 0 Å². The van der Waals surface area contributed by atoms with Gasteiger partial charge in [-0.05, 0) is 104 Å². The van der Waals surface area contributed by atoms with Crippen LogP contribution < -0.4 is 4.74 Å². The van der Waals surface area contributed by atoms with Crippen LogP contribution in [0, 0.1) is 20.8 Å². The van der Waals surface area contributed by atoms with Crippen LogP contribution in [0.3, 0.4) is 0 Å². The summed E-state index contributed by atoms with van der Waals surface area (Å²) in [7, 11) is 5.57. The van der Waals surface area contributed by atoms with Crippen LogP contribution in [0.5, 0.6) is 5.75 Å². The summed E-state index contributed by atoms with van der Waals surface area (Å²) in [6.07, 6.45) is 2.20. The Labute approximate surface area is 478 Å². The third-order valence-corrected chi connectivity index (χ3v) is 12.6. The van der Waals surface area contributed by atoms with Crippen molar-refractivity contribution in [3.63, 3.8) is 0 Å². The van der Waals surface area contributed by atoms with Crippen molar-refractivity contribution in [2.45, 2.75) is 59.8 Å². The molecule has 8 aromatic rings. The normalized spacial score (nSPS) is 9.85. The molecule has 13 heteroatoms. The summed E-state index contributed by atoms with van der Waals surface area (Å²) in [6, 6.07) is 58.8. The van der Waals surface area contributed by atoms with Crippen molar-refractivity contribution in [3.8, 4) is 5.75 Å². The minimum absolute atomic E-state index is 0.00555. The molecule has 8 rings (SSSR count). The van der Waals surface area contributed by atoms with Gasteiger partial charge in [0.1, 0.15) is 5.75 Å². The molecule has 420 valence electrons. The number of esters is 3. The molecule has 0 unspecified atom stereocenters. The molecule has 0 bridgehead atoms. The first kappa shape index (κ1) is 64.6. The monoisotopic (exact) mass is 1100 g/mol. The Bertz CT molecular complexity index is 3330. The molecular formula is C69H66O13. The molecular weight excluding hydrogens is 1040 g/mol. The Hall–Kier alpha value is -9.97. The third kappa shape index (κ3) is 20.7. The quantitative estimate of drug-likeness (QED) is 0.0476. The fourth-order valence-electron chi connectivity index (χ4n) is 8.03. The van der Waals surface area contributed by atoms with Gasteiger partial charge in [0.05, 0.1) is 45.1 Å². The molecule has 0 saturated carbocycles. The minimum Gasteiger partial charge on any atom is -0.497 e. The maximum atomic E-state index is 12.3. The highest BCUT2D eigenvalue weighted by Gasteiger charge is 2.18. The summed E-state index contributed by atoms with van der Waals surface area (Å²) in [6.45, 7) is 8.10. The van der Waals surface area contributed by atoms with Gasteiger partial charge in [-0.3, -0.25) is 19.2 Å². The van der Waals surface area contributed by atoms with Crippen molar-refractivity contribution in [2.75, 3.05) is 28.4 Å². The van der Waals surface area contributed by atoms with E-state index < -0.39 is 17.9 Å². The van der Waals surface area contributed by atoms with Gasteiger partial charge in [0.15, 0.2) is 23.1 Å². The predicted octanol–water partition coefficient (Wildman–Crippen LogP) is 12.7. The van der Waals surface area contributed by atoms with Crippen LogP contribution in [0.25, 0.3) is 0 Å². The molecule has 0 radical (unpaired) electrons. The highest BCUT2D eigenvalue weighted by Crippen LogP contribution is 2.19. The number of ketones is 4. The van der Waals surface area contributed by atoms with E-state index in [-0.39, 0.29) is 48.5 Å². The first-order valence-corrected chi connectivity index (χ1v) is 26.0. The van der Waals surface area contributed by atoms with Crippen molar-refractivity contribution in [3.05, 3.63) is 278 Å². The summed E-state index contributed by atoms with van der Waals surface area (Å²) < 4.78 is 19.3. The Morgan fingerprint density at radius 1 is 0.354 bits per heavy atom. The number of benzene rings is 8. The van der Waals surface area contributed by atoms with Gasteiger partial charge in [-0.25, -0.2) is 14.4 Å². The van der Waals surface area contributed by atoms with Crippen LogP contribution in [0.1, 0.15) is 124 Å². The number of aryl methyl sites for hydroxylation is 4. The second-order valence-corrected chi connectivity index (χ2v) is 18.4.